The molecule has 0 bridgehead atoms. The first-order valence-electron chi connectivity index (χ1n) is 14.0. The van der Waals surface area contributed by atoms with E-state index >= 15 is 0 Å². The van der Waals surface area contributed by atoms with Crippen molar-refractivity contribution >= 4 is 10.9 Å². The molecule has 2 aliphatic rings. The molecule has 0 aliphatic carbocycles. The van der Waals surface area contributed by atoms with Crippen molar-refractivity contribution in [2.75, 3.05) is 33.0 Å². The number of pyridine rings is 1. The molecule has 0 unspecified atom stereocenters. The number of fused-ring (bicyclic) bond motifs is 2. The zero-order valence-corrected chi connectivity index (χ0v) is 23.9. The summed E-state index contributed by atoms with van der Waals surface area (Å²) in [5.41, 5.74) is 4.59. The number of hydrogen-bond donors (Lipinski definition) is 1. The van der Waals surface area contributed by atoms with Crippen molar-refractivity contribution in [3.05, 3.63) is 74.8 Å². The van der Waals surface area contributed by atoms with E-state index in [9.17, 15) is 4.79 Å². The lowest BCUT2D eigenvalue weighted by Gasteiger charge is -2.39. The van der Waals surface area contributed by atoms with E-state index in [1.807, 2.05) is 16.8 Å². The van der Waals surface area contributed by atoms with Gasteiger partial charge in [0.2, 0.25) is 6.79 Å². The van der Waals surface area contributed by atoms with E-state index in [0.29, 0.717) is 11.4 Å². The van der Waals surface area contributed by atoms with Gasteiger partial charge in [0, 0.05) is 38.3 Å². The van der Waals surface area contributed by atoms with Gasteiger partial charge in [-0.25, -0.2) is 4.68 Å². The average Bonchev–Trinajstić information content (AvgIpc) is 3.63. The Morgan fingerprint density at radius 2 is 1.80 bits per heavy atom. The molecule has 1 fully saturated rings. The molecule has 4 aromatic rings. The van der Waals surface area contributed by atoms with Crippen LogP contribution in [0.1, 0.15) is 61.3 Å². The van der Waals surface area contributed by atoms with E-state index in [-0.39, 0.29) is 23.9 Å². The first kappa shape index (κ1) is 26.5. The van der Waals surface area contributed by atoms with Crippen molar-refractivity contribution < 1.29 is 9.47 Å². The summed E-state index contributed by atoms with van der Waals surface area (Å²) in [4.78, 5) is 21.7. The van der Waals surface area contributed by atoms with Crippen LogP contribution in [0.15, 0.2) is 41.2 Å². The lowest BCUT2D eigenvalue weighted by molar-refractivity contribution is 0.0968. The minimum absolute atomic E-state index is 0.0992. The normalized spacial score (nSPS) is 17.0. The molecule has 1 N–H and O–H groups in total. The van der Waals surface area contributed by atoms with Crippen LogP contribution >= 0.6 is 0 Å². The van der Waals surface area contributed by atoms with Crippen LogP contribution in [0.4, 0.5) is 0 Å². The van der Waals surface area contributed by atoms with Crippen LogP contribution < -0.4 is 15.0 Å². The monoisotopic (exact) mass is 543 g/mol. The first-order valence-corrected chi connectivity index (χ1v) is 14.0. The summed E-state index contributed by atoms with van der Waals surface area (Å²) in [7, 11) is 0. The van der Waals surface area contributed by atoms with Crippen LogP contribution in [-0.2, 0) is 12.1 Å². The van der Waals surface area contributed by atoms with Gasteiger partial charge < -0.3 is 14.5 Å². The van der Waals surface area contributed by atoms with Crippen LogP contribution in [0.5, 0.6) is 11.5 Å². The smallest absolute Gasteiger partial charge is 0.253 e. The largest absolute Gasteiger partial charge is 0.454 e. The van der Waals surface area contributed by atoms with Gasteiger partial charge in [0.05, 0.1) is 11.1 Å². The maximum atomic E-state index is 13.7. The summed E-state index contributed by atoms with van der Waals surface area (Å²) in [5.74, 6) is 2.31. The van der Waals surface area contributed by atoms with Gasteiger partial charge in [-0.1, -0.05) is 25.1 Å². The molecule has 0 amide bonds. The number of ether oxygens (including phenoxy) is 2. The number of nitrogens with zero attached hydrogens (tertiary/aromatic N) is 6. The van der Waals surface area contributed by atoms with E-state index in [2.05, 4.69) is 89.2 Å². The van der Waals surface area contributed by atoms with Gasteiger partial charge in [-0.05, 0) is 84.8 Å². The molecule has 2 aromatic carbocycles. The number of H-pyrrole nitrogens is 1. The predicted molar refractivity (Wildman–Crippen MR) is 153 cm³/mol. The number of rotatable bonds is 7. The van der Waals surface area contributed by atoms with E-state index < -0.39 is 0 Å². The number of hydrogen-bond acceptors (Lipinski definition) is 8. The van der Waals surface area contributed by atoms with Gasteiger partial charge in [-0.3, -0.25) is 14.6 Å². The third-order valence-electron chi connectivity index (χ3n) is 8.67. The maximum absolute atomic E-state index is 13.7. The molecule has 6 rings (SSSR count). The molecule has 210 valence electrons. The maximum Gasteiger partial charge on any atom is 0.253 e. The highest BCUT2D eigenvalue weighted by atomic mass is 16.7. The van der Waals surface area contributed by atoms with Gasteiger partial charge in [0.1, 0.15) is 6.04 Å². The van der Waals surface area contributed by atoms with E-state index in [1.54, 1.807) is 0 Å². The van der Waals surface area contributed by atoms with Crippen molar-refractivity contribution in [3.8, 4) is 11.5 Å². The second-order valence-corrected chi connectivity index (χ2v) is 11.5. The molecule has 0 saturated carbocycles. The summed E-state index contributed by atoms with van der Waals surface area (Å²) in [6.45, 7) is 14.9. The third-order valence-corrected chi connectivity index (χ3v) is 8.67. The van der Waals surface area contributed by atoms with E-state index in [4.69, 9.17) is 9.47 Å². The third kappa shape index (κ3) is 4.75. The highest BCUT2D eigenvalue weighted by Crippen LogP contribution is 2.34. The Hall–Kier alpha value is -3.76. The number of aromatic nitrogens is 5. The Bertz CT molecular complexity index is 1600. The molecular formula is C30H37N7O3. The van der Waals surface area contributed by atoms with Gasteiger partial charge in [-0.15, -0.1) is 5.10 Å². The predicted octanol–water partition coefficient (Wildman–Crippen LogP) is 3.91. The molecule has 10 heteroatoms. The van der Waals surface area contributed by atoms with Crippen LogP contribution in [-0.4, -0.2) is 68.0 Å². The van der Waals surface area contributed by atoms with Crippen LogP contribution in [0.2, 0.25) is 0 Å². The number of aryl methyl sites for hydroxylation is 2. The average molecular weight is 544 g/mol. The van der Waals surface area contributed by atoms with Gasteiger partial charge in [-0.2, -0.15) is 0 Å². The molecular weight excluding hydrogens is 506 g/mol. The number of nitrogens with one attached hydrogen (secondary N) is 1. The Balaban J connectivity index is 1.33. The molecule has 2 aliphatic heterocycles. The number of piperazine rings is 1. The number of benzene rings is 2. The lowest BCUT2D eigenvalue weighted by Crippen LogP contribution is -2.49. The van der Waals surface area contributed by atoms with Crippen molar-refractivity contribution in [3.63, 3.8) is 0 Å². The summed E-state index contributed by atoms with van der Waals surface area (Å²) >= 11 is 0. The quantitative estimate of drug-likeness (QED) is 0.374. The Morgan fingerprint density at radius 1 is 1.02 bits per heavy atom. The zero-order valence-electron chi connectivity index (χ0n) is 23.9. The van der Waals surface area contributed by atoms with Gasteiger partial charge >= 0.3 is 0 Å². The molecule has 10 nitrogen and oxygen atoms in total. The van der Waals surface area contributed by atoms with E-state index in [0.717, 1.165) is 72.7 Å². The van der Waals surface area contributed by atoms with Crippen molar-refractivity contribution in [2.24, 2.45) is 0 Å². The van der Waals surface area contributed by atoms with E-state index in [1.165, 1.54) is 5.56 Å². The SMILES string of the molecule is CCC(C)(C)n1nnnc1[C@H](c1cc2ccc(C)c(C)c2[nH]c1=O)N1CCN(Cc2ccc3c(c2)OCO3)CC1. The Morgan fingerprint density at radius 3 is 2.58 bits per heavy atom. The highest BCUT2D eigenvalue weighted by Gasteiger charge is 2.35. The molecule has 40 heavy (non-hydrogen) atoms. The van der Waals surface area contributed by atoms with Crippen molar-refractivity contribution in [2.45, 2.75) is 59.2 Å². The summed E-state index contributed by atoms with van der Waals surface area (Å²) < 4.78 is 12.9. The molecule has 0 spiro atoms. The standard InChI is InChI=1S/C30H37N7O3/c1-6-30(4,5)37-28(32-33-34-37)27(23-16-22-9-7-19(2)20(3)26(22)31-29(23)38)36-13-11-35(12-14-36)17-21-8-10-24-25(15-21)40-18-39-24/h7-10,15-16,27H,6,11-14,17-18H2,1-5H3,(H,31,38)/t27-/m0/s1. The Kier molecular flexibility index (Phi) is 6.83. The summed E-state index contributed by atoms with van der Waals surface area (Å²) in [6.07, 6.45) is 0.855. The summed E-state index contributed by atoms with van der Waals surface area (Å²) in [6, 6.07) is 12.0. The van der Waals surface area contributed by atoms with Crippen LogP contribution in [0.3, 0.4) is 0 Å². The van der Waals surface area contributed by atoms with Crippen molar-refractivity contribution in [1.29, 1.82) is 0 Å². The lowest BCUT2D eigenvalue weighted by atomic mass is 9.97. The van der Waals surface area contributed by atoms with Crippen LogP contribution in [0, 0.1) is 13.8 Å². The number of aromatic amines is 1. The second-order valence-electron chi connectivity index (χ2n) is 11.5. The minimum Gasteiger partial charge on any atom is -0.454 e. The Labute approximate surface area is 233 Å². The summed E-state index contributed by atoms with van der Waals surface area (Å²) in [5, 5.41) is 14.0. The van der Waals surface area contributed by atoms with Gasteiger partial charge in [0.15, 0.2) is 17.3 Å². The van der Waals surface area contributed by atoms with Crippen LogP contribution in [0.25, 0.3) is 10.9 Å². The topological polar surface area (TPSA) is 101 Å². The molecule has 1 atom stereocenters. The fourth-order valence-corrected chi connectivity index (χ4v) is 5.67. The minimum atomic E-state index is -0.372. The second kappa shape index (κ2) is 10.3. The molecule has 4 heterocycles. The van der Waals surface area contributed by atoms with Crippen molar-refractivity contribution in [1.82, 2.24) is 35.0 Å². The first-order chi connectivity index (χ1) is 19.2. The molecule has 0 radical (unpaired) electrons. The molecule has 1 saturated heterocycles. The highest BCUT2D eigenvalue weighted by molar-refractivity contribution is 5.83. The fraction of sp³-hybridized carbons (Fsp3) is 0.467. The fourth-order valence-electron chi connectivity index (χ4n) is 5.67. The molecule has 2 aromatic heterocycles. The number of tetrazole rings is 1. The van der Waals surface area contributed by atoms with Gasteiger partial charge in [0.25, 0.3) is 5.56 Å². The zero-order chi connectivity index (χ0) is 28.0.